The van der Waals surface area contributed by atoms with Gasteiger partial charge in [0.05, 0.1) is 5.69 Å². The molecule has 3 aromatic heterocycles. The molecule has 8 rings (SSSR count). The van der Waals surface area contributed by atoms with Gasteiger partial charge in [-0.25, -0.2) is 9.67 Å². The van der Waals surface area contributed by atoms with E-state index in [4.69, 9.17) is 10.1 Å². The van der Waals surface area contributed by atoms with Crippen LogP contribution in [0.15, 0.2) is 140 Å². The summed E-state index contributed by atoms with van der Waals surface area (Å²) >= 11 is 0. The Labute approximate surface area is 249 Å². The second kappa shape index (κ2) is 10.00. The predicted molar refractivity (Wildman–Crippen MR) is 176 cm³/mol. The summed E-state index contributed by atoms with van der Waals surface area (Å²) in [5, 5.41) is 7.47. The van der Waals surface area contributed by atoms with Gasteiger partial charge in [-0.2, -0.15) is 0 Å². The summed E-state index contributed by atoms with van der Waals surface area (Å²) < 4.78 is 6.23. The second-order valence-corrected chi connectivity index (χ2v) is 11.1. The summed E-state index contributed by atoms with van der Waals surface area (Å²) in [6, 6.07) is 44.9. The van der Waals surface area contributed by atoms with Crippen molar-refractivity contribution in [2.24, 2.45) is 14.1 Å². The van der Waals surface area contributed by atoms with E-state index in [9.17, 15) is 0 Å². The molecule has 5 aromatic carbocycles. The van der Waals surface area contributed by atoms with Gasteiger partial charge < -0.3 is 9.13 Å². The highest BCUT2D eigenvalue weighted by molar-refractivity contribution is 5.87. The van der Waals surface area contributed by atoms with E-state index < -0.39 is 0 Å². The van der Waals surface area contributed by atoms with Gasteiger partial charge in [-0.1, -0.05) is 78.9 Å². The lowest BCUT2D eigenvalue weighted by Gasteiger charge is -2.07. The molecule has 43 heavy (non-hydrogen) atoms. The van der Waals surface area contributed by atoms with Gasteiger partial charge in [-0.15, -0.1) is 5.10 Å². The first-order valence-electron chi connectivity index (χ1n) is 14.4. The van der Waals surface area contributed by atoms with Gasteiger partial charge in [0.15, 0.2) is 11.6 Å². The minimum Gasteiger partial charge on any atom is -0.351 e. The Balaban J connectivity index is 1.15. The van der Waals surface area contributed by atoms with Crippen LogP contribution in [-0.4, -0.2) is 23.9 Å². The van der Waals surface area contributed by atoms with Crippen LogP contribution in [0.2, 0.25) is 0 Å². The average Bonchev–Trinajstić information content (AvgIpc) is 3.78. The zero-order valence-electron chi connectivity index (χ0n) is 24.0. The Kier molecular flexibility index (Phi) is 5.83. The third-order valence-electron chi connectivity index (χ3n) is 8.33. The number of hydrogen-bond donors (Lipinski definition) is 0. The van der Waals surface area contributed by atoms with Crippen LogP contribution in [0.4, 0.5) is 0 Å². The van der Waals surface area contributed by atoms with Crippen molar-refractivity contribution >= 4 is 21.8 Å². The third kappa shape index (κ3) is 4.43. The summed E-state index contributed by atoms with van der Waals surface area (Å²) in [4.78, 5) is 5.07. The van der Waals surface area contributed by atoms with Gasteiger partial charge in [-0.3, -0.25) is 0 Å². The van der Waals surface area contributed by atoms with Crippen LogP contribution < -0.4 is 0 Å². The van der Waals surface area contributed by atoms with Crippen LogP contribution >= 0.6 is 0 Å². The molecule has 0 saturated heterocycles. The van der Waals surface area contributed by atoms with E-state index >= 15 is 0 Å². The van der Waals surface area contributed by atoms with Crippen molar-refractivity contribution in [2.75, 3.05) is 0 Å². The van der Waals surface area contributed by atoms with E-state index in [2.05, 4.69) is 145 Å². The molecule has 0 amide bonds. The van der Waals surface area contributed by atoms with Crippen LogP contribution in [0, 0.1) is 0 Å². The number of fused-ring (bicyclic) bond motifs is 2. The van der Waals surface area contributed by atoms with Gasteiger partial charge in [0.1, 0.15) is 0 Å². The average molecular weight is 556 g/mol. The Morgan fingerprint density at radius 1 is 0.465 bits per heavy atom. The molecule has 0 atom stereocenters. The SMILES string of the molecule is Cn1ccc2cc(-c3ccc(-c4nc(-c5ccc(-c6ccc7c(ccn7C)c6)cc5)n(-c5ccccc5)n4)cc3)ccc21. The number of nitrogens with zero attached hydrogens (tertiary/aromatic N) is 5. The zero-order valence-corrected chi connectivity index (χ0v) is 24.0. The maximum Gasteiger partial charge on any atom is 0.182 e. The van der Waals surface area contributed by atoms with Crippen molar-refractivity contribution in [1.82, 2.24) is 23.9 Å². The van der Waals surface area contributed by atoms with Gasteiger partial charge in [-0.05, 0) is 70.8 Å². The minimum absolute atomic E-state index is 0.697. The number of para-hydroxylation sites is 1. The van der Waals surface area contributed by atoms with Crippen LogP contribution in [-0.2, 0) is 14.1 Å². The van der Waals surface area contributed by atoms with Crippen molar-refractivity contribution in [2.45, 2.75) is 0 Å². The van der Waals surface area contributed by atoms with Crippen molar-refractivity contribution < 1.29 is 0 Å². The van der Waals surface area contributed by atoms with Gasteiger partial charge in [0, 0.05) is 59.4 Å². The Hall–Kier alpha value is -5.68. The smallest absolute Gasteiger partial charge is 0.182 e. The fourth-order valence-electron chi connectivity index (χ4n) is 5.92. The Bertz CT molecular complexity index is 2230. The first kappa shape index (κ1) is 25.1. The maximum absolute atomic E-state index is 5.07. The summed E-state index contributed by atoms with van der Waals surface area (Å²) in [5.74, 6) is 1.51. The lowest BCUT2D eigenvalue weighted by atomic mass is 10.0. The lowest BCUT2D eigenvalue weighted by Crippen LogP contribution is -1.99. The van der Waals surface area contributed by atoms with E-state index in [1.165, 1.54) is 44.1 Å². The van der Waals surface area contributed by atoms with E-state index in [0.717, 1.165) is 22.6 Å². The second-order valence-electron chi connectivity index (χ2n) is 11.1. The standard InChI is InChI=1S/C38H29N5/c1-41-22-20-32-24-30(16-18-35(32)41)26-8-12-28(13-9-26)37-39-38(43(40-37)34-6-4-3-5-7-34)29-14-10-27(11-15-29)31-17-19-36-33(25-31)21-23-42(36)2/h3-25H,1-2H3. The molecule has 0 aliphatic rings. The molecule has 0 unspecified atom stereocenters. The topological polar surface area (TPSA) is 40.6 Å². The van der Waals surface area contributed by atoms with Gasteiger partial charge in [0.2, 0.25) is 0 Å². The number of aryl methyl sites for hydroxylation is 2. The molecule has 0 saturated carbocycles. The molecule has 0 radical (unpaired) electrons. The summed E-state index contributed by atoms with van der Waals surface area (Å²) in [6.45, 7) is 0. The molecular weight excluding hydrogens is 526 g/mol. The van der Waals surface area contributed by atoms with E-state index in [-0.39, 0.29) is 0 Å². The van der Waals surface area contributed by atoms with E-state index in [1.54, 1.807) is 0 Å². The minimum atomic E-state index is 0.697. The molecule has 5 heteroatoms. The summed E-state index contributed by atoms with van der Waals surface area (Å²) in [7, 11) is 4.15. The highest BCUT2D eigenvalue weighted by Crippen LogP contribution is 2.31. The Morgan fingerprint density at radius 3 is 1.51 bits per heavy atom. The first-order valence-corrected chi connectivity index (χ1v) is 14.4. The first-order chi connectivity index (χ1) is 21.1. The molecule has 0 fully saturated rings. The van der Waals surface area contributed by atoms with Crippen molar-refractivity contribution in [1.29, 1.82) is 0 Å². The summed E-state index contributed by atoms with van der Waals surface area (Å²) in [6.07, 6.45) is 4.20. The zero-order chi connectivity index (χ0) is 28.9. The molecular formula is C38H29N5. The molecule has 0 N–H and O–H groups in total. The molecule has 5 nitrogen and oxygen atoms in total. The highest BCUT2D eigenvalue weighted by Gasteiger charge is 2.16. The fourth-order valence-corrected chi connectivity index (χ4v) is 5.92. The van der Waals surface area contributed by atoms with Crippen LogP contribution in [0.5, 0.6) is 0 Å². The van der Waals surface area contributed by atoms with Gasteiger partial charge in [0.25, 0.3) is 0 Å². The summed E-state index contributed by atoms with van der Waals surface area (Å²) in [5.41, 5.74) is 10.2. The molecule has 0 bridgehead atoms. The molecule has 0 aliphatic carbocycles. The van der Waals surface area contributed by atoms with Crippen molar-refractivity contribution in [3.63, 3.8) is 0 Å². The number of benzene rings is 5. The van der Waals surface area contributed by atoms with Crippen LogP contribution in [0.25, 0.3) is 72.5 Å². The molecule has 3 heterocycles. The van der Waals surface area contributed by atoms with Crippen LogP contribution in [0.1, 0.15) is 0 Å². The van der Waals surface area contributed by atoms with Crippen molar-refractivity contribution in [3.05, 3.63) is 140 Å². The van der Waals surface area contributed by atoms with E-state index in [1.807, 2.05) is 22.9 Å². The quantitative estimate of drug-likeness (QED) is 0.213. The Morgan fingerprint density at radius 2 is 0.953 bits per heavy atom. The highest BCUT2D eigenvalue weighted by atomic mass is 15.4. The monoisotopic (exact) mass is 555 g/mol. The third-order valence-corrected chi connectivity index (χ3v) is 8.33. The maximum atomic E-state index is 5.07. The molecule has 0 aliphatic heterocycles. The molecule has 0 spiro atoms. The molecule has 206 valence electrons. The van der Waals surface area contributed by atoms with Gasteiger partial charge >= 0.3 is 0 Å². The van der Waals surface area contributed by atoms with E-state index in [0.29, 0.717) is 5.82 Å². The lowest BCUT2D eigenvalue weighted by molar-refractivity contribution is 0.890. The normalized spacial score (nSPS) is 11.5. The number of rotatable bonds is 5. The number of hydrogen-bond acceptors (Lipinski definition) is 2. The van der Waals surface area contributed by atoms with Crippen LogP contribution in [0.3, 0.4) is 0 Å². The fraction of sp³-hybridized carbons (Fsp3) is 0.0526. The largest absolute Gasteiger partial charge is 0.351 e. The van der Waals surface area contributed by atoms with Crippen molar-refractivity contribution in [3.8, 4) is 50.7 Å². The predicted octanol–water partition coefficient (Wildman–Crippen LogP) is 8.92. The number of aromatic nitrogens is 5. The molecule has 8 aromatic rings.